The molecule has 84 valence electrons. The van der Waals surface area contributed by atoms with Crippen molar-refractivity contribution in [3.8, 4) is 0 Å². The second kappa shape index (κ2) is 4.65. The van der Waals surface area contributed by atoms with Crippen molar-refractivity contribution in [2.24, 2.45) is 16.6 Å². The normalized spacial score (nSPS) is 23.1. The van der Waals surface area contributed by atoms with Crippen LogP contribution in [0.3, 0.4) is 0 Å². The molecule has 0 aliphatic heterocycles. The van der Waals surface area contributed by atoms with Crippen LogP contribution in [0.25, 0.3) is 0 Å². The Morgan fingerprint density at radius 3 is 2.14 bits per heavy atom. The number of rotatable bonds is 7. The van der Waals surface area contributed by atoms with E-state index in [0.29, 0.717) is 10.8 Å². The van der Waals surface area contributed by atoms with E-state index in [1.807, 2.05) is 0 Å². The number of hydrogen-bond donors (Lipinski definition) is 1. The molecule has 0 saturated heterocycles. The van der Waals surface area contributed by atoms with Crippen molar-refractivity contribution < 1.29 is 0 Å². The second-order valence-corrected chi connectivity index (χ2v) is 5.34. The van der Waals surface area contributed by atoms with Crippen molar-refractivity contribution in [3.05, 3.63) is 0 Å². The van der Waals surface area contributed by atoms with Gasteiger partial charge in [-0.25, -0.2) is 0 Å². The number of hydrogen-bond acceptors (Lipinski definition) is 1. The maximum absolute atomic E-state index is 5.99. The summed E-state index contributed by atoms with van der Waals surface area (Å²) in [4.78, 5) is 0. The molecule has 1 saturated carbocycles. The lowest BCUT2D eigenvalue weighted by atomic mass is 9.72. The highest BCUT2D eigenvalue weighted by Gasteiger charge is 2.45. The Hall–Kier alpha value is -0.0400. The van der Waals surface area contributed by atoms with Gasteiger partial charge >= 0.3 is 0 Å². The average Bonchev–Trinajstić information content (AvgIpc) is 2.98. The first kappa shape index (κ1) is 12.0. The molecule has 2 N–H and O–H groups in total. The fourth-order valence-corrected chi connectivity index (χ4v) is 2.87. The maximum atomic E-state index is 5.99. The third-order valence-electron chi connectivity index (χ3n) is 4.42. The Morgan fingerprint density at radius 2 is 1.86 bits per heavy atom. The van der Waals surface area contributed by atoms with E-state index in [9.17, 15) is 0 Å². The molecule has 1 rings (SSSR count). The molecular formula is C13H27N. The van der Waals surface area contributed by atoms with Gasteiger partial charge in [0.05, 0.1) is 0 Å². The topological polar surface area (TPSA) is 26.0 Å². The molecular weight excluding hydrogens is 170 g/mol. The molecule has 0 aromatic rings. The zero-order valence-corrected chi connectivity index (χ0v) is 10.2. The molecule has 0 bridgehead atoms. The molecule has 0 aromatic carbocycles. The quantitative estimate of drug-likeness (QED) is 0.661. The Balaban J connectivity index is 2.57. The van der Waals surface area contributed by atoms with Gasteiger partial charge in [-0.15, -0.1) is 0 Å². The molecule has 1 unspecified atom stereocenters. The van der Waals surface area contributed by atoms with E-state index in [1.54, 1.807) is 0 Å². The first-order chi connectivity index (χ1) is 6.66. The van der Waals surface area contributed by atoms with Gasteiger partial charge in [-0.3, -0.25) is 0 Å². The molecule has 0 heterocycles. The van der Waals surface area contributed by atoms with E-state index >= 15 is 0 Å². The van der Waals surface area contributed by atoms with Crippen molar-refractivity contribution in [1.29, 1.82) is 0 Å². The van der Waals surface area contributed by atoms with Crippen LogP contribution >= 0.6 is 0 Å². The SMILES string of the molecule is CCCC(CC)(CN)CC1(CC)CC1. The van der Waals surface area contributed by atoms with Crippen LogP contribution < -0.4 is 5.73 Å². The summed E-state index contributed by atoms with van der Waals surface area (Å²) in [5, 5.41) is 0. The van der Waals surface area contributed by atoms with Crippen LogP contribution in [0.4, 0.5) is 0 Å². The maximum Gasteiger partial charge on any atom is -0.00204 e. The summed E-state index contributed by atoms with van der Waals surface area (Å²) in [7, 11) is 0. The zero-order valence-electron chi connectivity index (χ0n) is 10.2. The van der Waals surface area contributed by atoms with E-state index < -0.39 is 0 Å². The highest BCUT2D eigenvalue weighted by atomic mass is 14.6. The minimum absolute atomic E-state index is 0.460. The van der Waals surface area contributed by atoms with Crippen LogP contribution in [-0.2, 0) is 0 Å². The predicted octanol–water partition coefficient (Wildman–Crippen LogP) is 3.72. The van der Waals surface area contributed by atoms with Gasteiger partial charge in [0.1, 0.15) is 0 Å². The fourth-order valence-electron chi connectivity index (χ4n) is 2.87. The highest BCUT2D eigenvalue weighted by Crippen LogP contribution is 2.57. The van der Waals surface area contributed by atoms with Crippen molar-refractivity contribution in [2.75, 3.05) is 6.54 Å². The van der Waals surface area contributed by atoms with Gasteiger partial charge in [0.15, 0.2) is 0 Å². The highest BCUT2D eigenvalue weighted by molar-refractivity contribution is 4.97. The first-order valence-electron chi connectivity index (χ1n) is 6.36. The van der Waals surface area contributed by atoms with Crippen molar-refractivity contribution in [1.82, 2.24) is 0 Å². The summed E-state index contributed by atoms with van der Waals surface area (Å²) >= 11 is 0. The van der Waals surface area contributed by atoms with Crippen LogP contribution in [0, 0.1) is 10.8 Å². The molecule has 1 fully saturated rings. The molecule has 1 atom stereocenters. The standard InChI is InChI=1S/C13H27N/c1-4-7-13(6-3,11-14)10-12(5-2)8-9-12/h4-11,14H2,1-3H3. The Labute approximate surface area is 89.5 Å². The molecule has 1 aliphatic carbocycles. The summed E-state index contributed by atoms with van der Waals surface area (Å²) in [6.07, 6.45) is 9.52. The van der Waals surface area contributed by atoms with E-state index in [4.69, 9.17) is 5.73 Å². The third kappa shape index (κ3) is 2.50. The van der Waals surface area contributed by atoms with Gasteiger partial charge in [0, 0.05) is 0 Å². The van der Waals surface area contributed by atoms with Crippen LogP contribution in [0.15, 0.2) is 0 Å². The van der Waals surface area contributed by atoms with E-state index in [2.05, 4.69) is 20.8 Å². The minimum Gasteiger partial charge on any atom is -0.330 e. The molecule has 1 heteroatoms. The smallest absolute Gasteiger partial charge is 0.00204 e. The van der Waals surface area contributed by atoms with Crippen molar-refractivity contribution in [2.45, 2.75) is 65.7 Å². The van der Waals surface area contributed by atoms with Gasteiger partial charge in [0.25, 0.3) is 0 Å². The van der Waals surface area contributed by atoms with Crippen molar-refractivity contribution >= 4 is 0 Å². The Kier molecular flexibility index (Phi) is 4.00. The van der Waals surface area contributed by atoms with Crippen LogP contribution in [0.5, 0.6) is 0 Å². The summed E-state index contributed by atoms with van der Waals surface area (Å²) in [5.41, 5.74) is 7.15. The van der Waals surface area contributed by atoms with Gasteiger partial charge < -0.3 is 5.73 Å². The molecule has 0 radical (unpaired) electrons. The van der Waals surface area contributed by atoms with Crippen molar-refractivity contribution in [3.63, 3.8) is 0 Å². The Morgan fingerprint density at radius 1 is 1.21 bits per heavy atom. The predicted molar refractivity (Wildman–Crippen MR) is 63.3 cm³/mol. The molecule has 1 nitrogen and oxygen atoms in total. The third-order valence-corrected chi connectivity index (χ3v) is 4.42. The lowest BCUT2D eigenvalue weighted by molar-refractivity contribution is 0.179. The summed E-state index contributed by atoms with van der Waals surface area (Å²) in [6, 6.07) is 0. The second-order valence-electron chi connectivity index (χ2n) is 5.34. The fraction of sp³-hybridized carbons (Fsp3) is 1.00. The monoisotopic (exact) mass is 197 g/mol. The van der Waals surface area contributed by atoms with Gasteiger partial charge in [0.2, 0.25) is 0 Å². The molecule has 14 heavy (non-hydrogen) atoms. The molecule has 0 spiro atoms. The van der Waals surface area contributed by atoms with Crippen LogP contribution in [0.1, 0.15) is 65.7 Å². The minimum atomic E-state index is 0.460. The van der Waals surface area contributed by atoms with E-state index in [1.165, 1.54) is 44.9 Å². The van der Waals surface area contributed by atoms with Crippen LogP contribution in [-0.4, -0.2) is 6.54 Å². The lowest BCUT2D eigenvalue weighted by Crippen LogP contribution is -2.32. The average molecular weight is 197 g/mol. The largest absolute Gasteiger partial charge is 0.330 e. The molecule has 1 aliphatic rings. The summed E-state index contributed by atoms with van der Waals surface area (Å²) in [6.45, 7) is 7.83. The molecule has 0 amide bonds. The van der Waals surface area contributed by atoms with Gasteiger partial charge in [-0.1, -0.05) is 33.6 Å². The van der Waals surface area contributed by atoms with Gasteiger partial charge in [-0.05, 0) is 49.5 Å². The van der Waals surface area contributed by atoms with E-state index in [0.717, 1.165) is 6.54 Å². The zero-order chi connectivity index (χ0) is 10.7. The first-order valence-corrected chi connectivity index (χ1v) is 6.36. The van der Waals surface area contributed by atoms with Crippen LogP contribution in [0.2, 0.25) is 0 Å². The summed E-state index contributed by atoms with van der Waals surface area (Å²) in [5.74, 6) is 0. The summed E-state index contributed by atoms with van der Waals surface area (Å²) < 4.78 is 0. The molecule has 0 aromatic heterocycles. The van der Waals surface area contributed by atoms with E-state index in [-0.39, 0.29) is 0 Å². The Bertz CT molecular complexity index is 166. The van der Waals surface area contributed by atoms with Gasteiger partial charge in [-0.2, -0.15) is 0 Å². The number of nitrogens with two attached hydrogens (primary N) is 1. The lowest BCUT2D eigenvalue weighted by Gasteiger charge is -2.35.